The Morgan fingerprint density at radius 2 is 0.977 bits per heavy atom. The standard InChI is InChI=1S/C41H25N3/c1-2-11-27-23-37-28(22-26(27)10-1)19-20-31-30(37)16-9-17-32(31)39-33-12-3-5-14-35(33)40(36-15-6-4-13-34(36)39)41-43-24-29(25-44-41)38-18-7-8-21-42-38/h1-25H. The van der Waals surface area contributed by atoms with Crippen LogP contribution in [0.3, 0.4) is 0 Å². The van der Waals surface area contributed by atoms with Crippen LogP contribution >= 0.6 is 0 Å². The Bertz CT molecular complexity index is 2480. The Morgan fingerprint density at radius 1 is 0.364 bits per heavy atom. The second-order valence-corrected chi connectivity index (χ2v) is 11.2. The van der Waals surface area contributed by atoms with Gasteiger partial charge in [0.1, 0.15) is 0 Å². The zero-order chi connectivity index (χ0) is 29.0. The fourth-order valence-corrected chi connectivity index (χ4v) is 6.78. The van der Waals surface area contributed by atoms with E-state index in [-0.39, 0.29) is 0 Å². The van der Waals surface area contributed by atoms with Gasteiger partial charge < -0.3 is 0 Å². The first-order valence-corrected chi connectivity index (χ1v) is 14.9. The zero-order valence-electron chi connectivity index (χ0n) is 23.8. The van der Waals surface area contributed by atoms with Crippen molar-refractivity contribution in [2.75, 3.05) is 0 Å². The average molecular weight is 560 g/mol. The summed E-state index contributed by atoms with van der Waals surface area (Å²) in [7, 11) is 0. The van der Waals surface area contributed by atoms with Crippen molar-refractivity contribution in [3.63, 3.8) is 0 Å². The Hall–Kier alpha value is -5.93. The van der Waals surface area contributed by atoms with Crippen LogP contribution < -0.4 is 0 Å². The third-order valence-electron chi connectivity index (χ3n) is 8.78. The van der Waals surface area contributed by atoms with Crippen molar-refractivity contribution in [1.29, 1.82) is 0 Å². The lowest BCUT2D eigenvalue weighted by Crippen LogP contribution is -1.95. The summed E-state index contributed by atoms with van der Waals surface area (Å²) in [5.41, 5.74) is 5.26. The molecule has 0 aliphatic rings. The first-order valence-electron chi connectivity index (χ1n) is 14.9. The van der Waals surface area contributed by atoms with Crippen molar-refractivity contribution in [3.8, 4) is 33.8 Å². The maximum atomic E-state index is 4.89. The molecule has 0 radical (unpaired) electrons. The van der Waals surface area contributed by atoms with Gasteiger partial charge in [0.2, 0.25) is 0 Å². The summed E-state index contributed by atoms with van der Waals surface area (Å²) in [6.45, 7) is 0. The van der Waals surface area contributed by atoms with Crippen LogP contribution in [0.25, 0.3) is 87.6 Å². The number of pyridine rings is 1. The summed E-state index contributed by atoms with van der Waals surface area (Å²) < 4.78 is 0. The minimum Gasteiger partial charge on any atom is -0.256 e. The minimum atomic E-state index is 0.708. The van der Waals surface area contributed by atoms with Gasteiger partial charge in [-0.05, 0) is 89.3 Å². The molecule has 0 atom stereocenters. The maximum absolute atomic E-state index is 4.89. The largest absolute Gasteiger partial charge is 0.256 e. The van der Waals surface area contributed by atoms with Crippen molar-refractivity contribution < 1.29 is 0 Å². The highest BCUT2D eigenvalue weighted by molar-refractivity contribution is 6.24. The van der Waals surface area contributed by atoms with Gasteiger partial charge in [0.15, 0.2) is 5.82 Å². The number of rotatable bonds is 3. The highest BCUT2D eigenvalue weighted by Gasteiger charge is 2.19. The van der Waals surface area contributed by atoms with Gasteiger partial charge in [-0.2, -0.15) is 0 Å². The van der Waals surface area contributed by atoms with E-state index in [0.717, 1.165) is 27.6 Å². The van der Waals surface area contributed by atoms with Crippen LogP contribution in [-0.2, 0) is 0 Å². The van der Waals surface area contributed by atoms with Crippen molar-refractivity contribution in [1.82, 2.24) is 15.0 Å². The highest BCUT2D eigenvalue weighted by atomic mass is 14.9. The lowest BCUT2D eigenvalue weighted by molar-refractivity contribution is 1.17. The molecular weight excluding hydrogens is 534 g/mol. The van der Waals surface area contributed by atoms with E-state index in [1.165, 1.54) is 54.2 Å². The quantitative estimate of drug-likeness (QED) is 0.160. The van der Waals surface area contributed by atoms with E-state index < -0.39 is 0 Å². The van der Waals surface area contributed by atoms with Crippen molar-refractivity contribution in [2.45, 2.75) is 0 Å². The third kappa shape index (κ3) is 3.80. The molecule has 0 bridgehead atoms. The monoisotopic (exact) mass is 559 g/mol. The lowest BCUT2D eigenvalue weighted by Gasteiger charge is -2.18. The van der Waals surface area contributed by atoms with Crippen LogP contribution in [0.15, 0.2) is 152 Å². The first-order chi connectivity index (χ1) is 21.8. The van der Waals surface area contributed by atoms with E-state index in [0.29, 0.717) is 5.82 Å². The molecular formula is C41H25N3. The SMILES string of the molecule is c1ccc(-c2cnc(-c3c4ccccc4c(-c4cccc5c4ccc4cc6ccccc6cc45)c4ccccc34)nc2)nc1. The number of aromatic nitrogens is 3. The van der Waals surface area contributed by atoms with Gasteiger partial charge in [0.25, 0.3) is 0 Å². The molecule has 3 nitrogen and oxygen atoms in total. The topological polar surface area (TPSA) is 38.7 Å². The van der Waals surface area contributed by atoms with Crippen LogP contribution in [-0.4, -0.2) is 15.0 Å². The van der Waals surface area contributed by atoms with Crippen LogP contribution in [0.2, 0.25) is 0 Å². The average Bonchev–Trinajstić information content (AvgIpc) is 3.10. The molecule has 0 spiro atoms. The normalized spacial score (nSPS) is 11.6. The molecule has 0 fully saturated rings. The maximum Gasteiger partial charge on any atom is 0.160 e. The Labute approximate surface area is 254 Å². The Morgan fingerprint density at radius 3 is 1.66 bits per heavy atom. The minimum absolute atomic E-state index is 0.708. The fourth-order valence-electron chi connectivity index (χ4n) is 6.78. The van der Waals surface area contributed by atoms with E-state index in [1.807, 2.05) is 30.6 Å². The number of benzene rings is 7. The molecule has 0 aliphatic heterocycles. The molecule has 2 heterocycles. The second kappa shape index (κ2) is 9.82. The van der Waals surface area contributed by atoms with Gasteiger partial charge in [-0.25, -0.2) is 9.97 Å². The van der Waals surface area contributed by atoms with Crippen molar-refractivity contribution >= 4 is 53.9 Å². The molecule has 0 saturated carbocycles. The fraction of sp³-hybridized carbons (Fsp3) is 0. The van der Waals surface area contributed by atoms with E-state index in [4.69, 9.17) is 9.97 Å². The van der Waals surface area contributed by atoms with E-state index in [9.17, 15) is 0 Å². The number of fused-ring (bicyclic) bond motifs is 6. The third-order valence-corrected chi connectivity index (χ3v) is 8.78. The van der Waals surface area contributed by atoms with E-state index >= 15 is 0 Å². The highest BCUT2D eigenvalue weighted by Crippen LogP contribution is 2.45. The van der Waals surface area contributed by atoms with Crippen molar-refractivity contribution in [2.24, 2.45) is 0 Å². The smallest absolute Gasteiger partial charge is 0.160 e. The van der Waals surface area contributed by atoms with Crippen molar-refractivity contribution in [3.05, 3.63) is 152 Å². The van der Waals surface area contributed by atoms with Gasteiger partial charge >= 0.3 is 0 Å². The summed E-state index contributed by atoms with van der Waals surface area (Å²) in [6, 6.07) is 47.7. The summed E-state index contributed by atoms with van der Waals surface area (Å²) in [5, 5.41) is 12.2. The molecule has 44 heavy (non-hydrogen) atoms. The van der Waals surface area contributed by atoms with Gasteiger partial charge in [-0.1, -0.05) is 109 Å². The Kier molecular flexibility index (Phi) is 5.50. The van der Waals surface area contributed by atoms with Crippen LogP contribution in [0, 0.1) is 0 Å². The molecule has 204 valence electrons. The number of nitrogens with zero attached hydrogens (tertiary/aromatic N) is 3. The molecule has 9 aromatic rings. The molecule has 2 aromatic heterocycles. The molecule has 0 saturated heterocycles. The first kappa shape index (κ1) is 24.6. The summed E-state index contributed by atoms with van der Waals surface area (Å²) >= 11 is 0. The molecule has 0 aliphatic carbocycles. The number of hydrogen-bond acceptors (Lipinski definition) is 3. The van der Waals surface area contributed by atoms with Gasteiger partial charge in [-0.15, -0.1) is 0 Å². The zero-order valence-corrected chi connectivity index (χ0v) is 23.8. The van der Waals surface area contributed by atoms with E-state index in [2.05, 4.69) is 120 Å². The number of hydrogen-bond donors (Lipinski definition) is 0. The van der Waals surface area contributed by atoms with Gasteiger partial charge in [0, 0.05) is 29.7 Å². The molecule has 0 amide bonds. The molecule has 7 aromatic carbocycles. The summed E-state index contributed by atoms with van der Waals surface area (Å²) in [5.74, 6) is 0.708. The van der Waals surface area contributed by atoms with Crippen LogP contribution in [0.1, 0.15) is 0 Å². The molecule has 0 unspecified atom stereocenters. The molecule has 0 N–H and O–H groups in total. The lowest BCUT2D eigenvalue weighted by atomic mass is 9.85. The molecule has 9 rings (SSSR count). The van der Waals surface area contributed by atoms with Crippen LogP contribution in [0.4, 0.5) is 0 Å². The Balaban J connectivity index is 1.32. The second-order valence-electron chi connectivity index (χ2n) is 11.2. The predicted molar refractivity (Wildman–Crippen MR) is 184 cm³/mol. The van der Waals surface area contributed by atoms with Gasteiger partial charge in [0.05, 0.1) is 5.69 Å². The predicted octanol–water partition coefficient (Wildman–Crippen LogP) is 10.6. The summed E-state index contributed by atoms with van der Waals surface area (Å²) in [6.07, 6.45) is 5.55. The summed E-state index contributed by atoms with van der Waals surface area (Å²) in [4.78, 5) is 14.2. The molecule has 3 heteroatoms. The van der Waals surface area contributed by atoms with E-state index in [1.54, 1.807) is 6.20 Å². The van der Waals surface area contributed by atoms with Gasteiger partial charge in [-0.3, -0.25) is 4.98 Å². The van der Waals surface area contributed by atoms with Crippen LogP contribution in [0.5, 0.6) is 0 Å².